The smallest absolute Gasteiger partial charge is 0.307 e. The Morgan fingerprint density at radius 2 is 1.70 bits per heavy atom. The van der Waals surface area contributed by atoms with Gasteiger partial charge < -0.3 is 9.84 Å². The third-order valence-electron chi connectivity index (χ3n) is 3.59. The summed E-state index contributed by atoms with van der Waals surface area (Å²) >= 11 is 0. The normalized spacial score (nSPS) is 11.7. The molecule has 2 aromatic carbocycles. The van der Waals surface area contributed by atoms with E-state index in [4.69, 9.17) is 4.74 Å². The predicted molar refractivity (Wildman–Crippen MR) is 83.2 cm³/mol. The summed E-state index contributed by atoms with van der Waals surface area (Å²) in [6.45, 7) is 0. The van der Waals surface area contributed by atoms with Gasteiger partial charge in [0.2, 0.25) is 0 Å². The number of carboxylic acids is 1. The third kappa shape index (κ3) is 4.64. The molecule has 0 aromatic heterocycles. The molecule has 0 aliphatic heterocycles. The van der Waals surface area contributed by atoms with Crippen LogP contribution in [-0.2, 0) is 11.2 Å². The summed E-state index contributed by atoms with van der Waals surface area (Å²) in [5.41, 5.74) is 1.12. The molecule has 23 heavy (non-hydrogen) atoms. The van der Waals surface area contributed by atoms with Gasteiger partial charge >= 0.3 is 5.97 Å². The first-order valence-electron chi connectivity index (χ1n) is 7.14. The fourth-order valence-electron chi connectivity index (χ4n) is 2.27. The Kier molecular flexibility index (Phi) is 5.46. The highest BCUT2D eigenvalue weighted by Gasteiger charge is 2.22. The SMILES string of the molecule is COc1ccc(CC(CC(=O)c2ccc(F)cc2)C(=O)O)cc1. The van der Waals surface area contributed by atoms with Gasteiger partial charge in [-0.05, 0) is 48.4 Å². The van der Waals surface area contributed by atoms with Crippen molar-refractivity contribution in [2.75, 3.05) is 7.11 Å². The van der Waals surface area contributed by atoms with Crippen LogP contribution in [0.1, 0.15) is 22.3 Å². The summed E-state index contributed by atoms with van der Waals surface area (Å²) in [5.74, 6) is -1.93. The zero-order chi connectivity index (χ0) is 16.8. The van der Waals surface area contributed by atoms with Crippen LogP contribution in [0.25, 0.3) is 0 Å². The van der Waals surface area contributed by atoms with Crippen LogP contribution < -0.4 is 4.74 Å². The summed E-state index contributed by atoms with van der Waals surface area (Å²) in [6, 6.07) is 12.1. The number of hydrogen-bond acceptors (Lipinski definition) is 3. The highest BCUT2D eigenvalue weighted by Crippen LogP contribution is 2.19. The van der Waals surface area contributed by atoms with Crippen molar-refractivity contribution in [2.24, 2.45) is 5.92 Å². The van der Waals surface area contributed by atoms with Crippen molar-refractivity contribution in [2.45, 2.75) is 12.8 Å². The number of hydrogen-bond donors (Lipinski definition) is 1. The first kappa shape index (κ1) is 16.7. The van der Waals surface area contributed by atoms with Gasteiger partial charge in [0.1, 0.15) is 11.6 Å². The molecule has 0 amide bonds. The van der Waals surface area contributed by atoms with Crippen LogP contribution in [0.2, 0.25) is 0 Å². The summed E-state index contributed by atoms with van der Waals surface area (Å²) in [5, 5.41) is 9.34. The van der Waals surface area contributed by atoms with Crippen molar-refractivity contribution in [1.82, 2.24) is 0 Å². The van der Waals surface area contributed by atoms with Crippen LogP contribution in [0.4, 0.5) is 4.39 Å². The number of methoxy groups -OCH3 is 1. The molecular weight excluding hydrogens is 299 g/mol. The Morgan fingerprint density at radius 3 is 2.22 bits per heavy atom. The highest BCUT2D eigenvalue weighted by molar-refractivity contribution is 5.97. The average Bonchev–Trinajstić information content (AvgIpc) is 2.55. The Balaban J connectivity index is 2.07. The molecule has 5 heteroatoms. The number of carbonyl (C=O) groups is 2. The maximum absolute atomic E-state index is 12.9. The van der Waals surface area contributed by atoms with Crippen LogP contribution in [0.15, 0.2) is 48.5 Å². The van der Waals surface area contributed by atoms with E-state index >= 15 is 0 Å². The van der Waals surface area contributed by atoms with E-state index in [0.717, 1.165) is 5.56 Å². The summed E-state index contributed by atoms with van der Waals surface area (Å²) in [6.07, 6.45) is 0.110. The van der Waals surface area contributed by atoms with E-state index in [9.17, 15) is 19.1 Å². The van der Waals surface area contributed by atoms with E-state index in [1.807, 2.05) is 0 Å². The molecule has 1 unspecified atom stereocenters. The molecule has 0 saturated carbocycles. The second-order valence-corrected chi connectivity index (χ2v) is 5.22. The predicted octanol–water partition coefficient (Wildman–Crippen LogP) is 3.35. The lowest BCUT2D eigenvalue weighted by atomic mass is 9.92. The minimum atomic E-state index is -1.03. The van der Waals surface area contributed by atoms with Crippen molar-refractivity contribution in [3.8, 4) is 5.75 Å². The second-order valence-electron chi connectivity index (χ2n) is 5.22. The van der Waals surface area contributed by atoms with Gasteiger partial charge in [0.15, 0.2) is 5.78 Å². The zero-order valence-corrected chi connectivity index (χ0v) is 12.7. The lowest BCUT2D eigenvalue weighted by Gasteiger charge is -2.12. The van der Waals surface area contributed by atoms with Crippen molar-refractivity contribution in [3.63, 3.8) is 0 Å². The molecule has 0 saturated heterocycles. The Morgan fingerprint density at radius 1 is 1.09 bits per heavy atom. The molecular formula is C18H17FO4. The van der Waals surface area contributed by atoms with E-state index in [1.165, 1.54) is 24.3 Å². The van der Waals surface area contributed by atoms with Crippen molar-refractivity contribution >= 4 is 11.8 Å². The summed E-state index contributed by atoms with van der Waals surface area (Å²) in [4.78, 5) is 23.6. The van der Waals surface area contributed by atoms with Crippen LogP contribution in [-0.4, -0.2) is 24.0 Å². The molecule has 0 aliphatic carbocycles. The molecule has 0 radical (unpaired) electrons. The number of benzene rings is 2. The largest absolute Gasteiger partial charge is 0.497 e. The van der Waals surface area contributed by atoms with Gasteiger partial charge in [0.05, 0.1) is 13.0 Å². The minimum Gasteiger partial charge on any atom is -0.497 e. The molecule has 0 aliphatic rings. The molecule has 2 aromatic rings. The molecule has 2 rings (SSSR count). The summed E-state index contributed by atoms with van der Waals surface area (Å²) in [7, 11) is 1.55. The molecule has 4 nitrogen and oxygen atoms in total. The van der Waals surface area contributed by atoms with Crippen LogP contribution in [0.3, 0.4) is 0 Å². The van der Waals surface area contributed by atoms with Gasteiger partial charge in [-0.25, -0.2) is 4.39 Å². The molecule has 0 bridgehead atoms. The number of ether oxygens (including phenoxy) is 1. The fraction of sp³-hybridized carbons (Fsp3) is 0.222. The Labute approximate surface area is 133 Å². The highest BCUT2D eigenvalue weighted by atomic mass is 19.1. The van der Waals surface area contributed by atoms with Gasteiger partial charge in [0.25, 0.3) is 0 Å². The summed E-state index contributed by atoms with van der Waals surface area (Å²) < 4.78 is 17.9. The second kappa shape index (κ2) is 7.54. The van der Waals surface area contributed by atoms with E-state index < -0.39 is 17.7 Å². The Hall–Kier alpha value is -2.69. The quantitative estimate of drug-likeness (QED) is 0.796. The van der Waals surface area contributed by atoms with Gasteiger partial charge in [0, 0.05) is 12.0 Å². The van der Waals surface area contributed by atoms with Gasteiger partial charge in [-0.1, -0.05) is 12.1 Å². The first-order valence-corrected chi connectivity index (χ1v) is 7.14. The minimum absolute atomic E-state index is 0.132. The van der Waals surface area contributed by atoms with E-state index in [0.29, 0.717) is 11.3 Å². The van der Waals surface area contributed by atoms with Crippen LogP contribution >= 0.6 is 0 Å². The molecule has 0 fully saturated rings. The molecule has 1 atom stereocenters. The van der Waals surface area contributed by atoms with Crippen molar-refractivity contribution in [1.29, 1.82) is 0 Å². The number of ketones is 1. The van der Waals surface area contributed by atoms with Crippen LogP contribution in [0.5, 0.6) is 5.75 Å². The molecule has 0 heterocycles. The topological polar surface area (TPSA) is 63.6 Å². The maximum atomic E-state index is 12.9. The average molecular weight is 316 g/mol. The fourth-order valence-corrected chi connectivity index (χ4v) is 2.27. The standard InChI is InChI=1S/C18H17FO4/c1-23-16-8-2-12(3-9-16)10-14(18(21)22)11-17(20)13-4-6-15(19)7-5-13/h2-9,14H,10-11H2,1H3,(H,21,22). The lowest BCUT2D eigenvalue weighted by Crippen LogP contribution is -2.20. The van der Waals surface area contributed by atoms with Crippen molar-refractivity contribution in [3.05, 3.63) is 65.5 Å². The number of aliphatic carboxylic acids is 1. The Bertz CT molecular complexity index is 677. The molecule has 1 N–H and O–H groups in total. The van der Waals surface area contributed by atoms with Gasteiger partial charge in [-0.3, -0.25) is 9.59 Å². The van der Waals surface area contributed by atoms with Crippen molar-refractivity contribution < 1.29 is 23.8 Å². The lowest BCUT2D eigenvalue weighted by molar-refractivity contribution is -0.141. The van der Waals surface area contributed by atoms with Gasteiger partial charge in [-0.15, -0.1) is 0 Å². The van der Waals surface area contributed by atoms with Crippen LogP contribution in [0, 0.1) is 11.7 Å². The number of halogens is 1. The van der Waals surface area contributed by atoms with Gasteiger partial charge in [-0.2, -0.15) is 0 Å². The maximum Gasteiger partial charge on any atom is 0.307 e. The number of carboxylic acid groups (broad SMARTS) is 1. The molecule has 120 valence electrons. The van der Waals surface area contributed by atoms with E-state index in [1.54, 1.807) is 31.4 Å². The number of Topliss-reactive ketones (excluding diaryl/α,β-unsaturated/α-hetero) is 1. The number of carbonyl (C=O) groups excluding carboxylic acids is 1. The third-order valence-corrected chi connectivity index (χ3v) is 3.59. The van der Waals surface area contributed by atoms with E-state index in [2.05, 4.69) is 0 Å². The number of rotatable bonds is 7. The molecule has 0 spiro atoms. The monoisotopic (exact) mass is 316 g/mol. The van der Waals surface area contributed by atoms with E-state index in [-0.39, 0.29) is 18.6 Å². The first-order chi connectivity index (χ1) is 11.0. The zero-order valence-electron chi connectivity index (χ0n) is 12.7.